The van der Waals surface area contributed by atoms with Gasteiger partial charge < -0.3 is 19.8 Å². The summed E-state index contributed by atoms with van der Waals surface area (Å²) in [6.45, 7) is 14.0. The number of carbonyl (C=O) groups excluding carboxylic acids is 1. The number of carboxylic acids is 1. The molecule has 0 unspecified atom stereocenters. The maximum Gasteiger partial charge on any atom is 0.317 e. The molecule has 7 heteroatoms. The summed E-state index contributed by atoms with van der Waals surface area (Å²) in [6.07, 6.45) is 1.47. The summed E-state index contributed by atoms with van der Waals surface area (Å²) < 4.78 is 0. The van der Waals surface area contributed by atoms with Crippen molar-refractivity contribution in [2.75, 3.05) is 79.5 Å². The zero-order valence-corrected chi connectivity index (χ0v) is 18.0. The molecular weight excluding hydrogens is 344 g/mol. The maximum atomic E-state index is 12.2. The number of carboxylic acid groups (broad SMARTS) is 1. The first-order chi connectivity index (χ1) is 12.6. The van der Waals surface area contributed by atoms with E-state index in [-0.39, 0.29) is 12.0 Å². The Morgan fingerprint density at radius 2 is 1.26 bits per heavy atom. The van der Waals surface area contributed by atoms with Crippen molar-refractivity contribution >= 4 is 11.8 Å². The van der Waals surface area contributed by atoms with E-state index in [1.54, 1.807) is 0 Å². The molecule has 0 amide bonds. The summed E-state index contributed by atoms with van der Waals surface area (Å²) in [5, 5.41) is 9.19. The largest absolute Gasteiger partial charge is 0.480 e. The minimum atomic E-state index is -0.771. The van der Waals surface area contributed by atoms with Gasteiger partial charge in [-0.1, -0.05) is 20.8 Å². The topological polar surface area (TPSA) is 67.3 Å². The first-order valence-electron chi connectivity index (χ1n) is 10.1. The van der Waals surface area contributed by atoms with Crippen molar-refractivity contribution in [3.05, 3.63) is 0 Å². The number of likely N-dealkylation sites (N-methyl/N-ethyl adjacent to an activating group) is 2. The monoisotopic (exact) mass is 384 g/mol. The molecule has 0 atom stereocenters. The highest BCUT2D eigenvalue weighted by Crippen LogP contribution is 2.17. The molecule has 1 saturated heterocycles. The van der Waals surface area contributed by atoms with Crippen LogP contribution in [0, 0.1) is 5.41 Å². The van der Waals surface area contributed by atoms with Gasteiger partial charge >= 0.3 is 5.97 Å². The van der Waals surface area contributed by atoms with Crippen LogP contribution >= 0.6 is 0 Å². The number of Topliss-reactive ketones (excluding diaryl/α,β-unsaturated/α-hetero) is 1. The lowest BCUT2D eigenvalue weighted by Crippen LogP contribution is -2.45. The smallest absolute Gasteiger partial charge is 0.317 e. The van der Waals surface area contributed by atoms with Gasteiger partial charge in [0.25, 0.3) is 0 Å². The molecule has 27 heavy (non-hydrogen) atoms. The van der Waals surface area contributed by atoms with Crippen LogP contribution in [0.5, 0.6) is 0 Å². The molecule has 1 N–H and O–H groups in total. The molecule has 0 aromatic rings. The van der Waals surface area contributed by atoms with E-state index in [1.165, 1.54) is 0 Å². The molecule has 1 aliphatic heterocycles. The van der Waals surface area contributed by atoms with E-state index in [0.717, 1.165) is 65.3 Å². The molecule has 1 fully saturated rings. The summed E-state index contributed by atoms with van der Waals surface area (Å²) in [4.78, 5) is 32.4. The molecule has 0 aliphatic carbocycles. The third-order valence-electron chi connectivity index (χ3n) is 5.27. The quantitative estimate of drug-likeness (QED) is 0.731. The zero-order valence-electron chi connectivity index (χ0n) is 18.0. The van der Waals surface area contributed by atoms with Crippen molar-refractivity contribution in [1.29, 1.82) is 0 Å². The standard InChI is InChI=1S/C20H40N4O3/c1-20(2,3)18(25)7-6-8-23-13-11-21(4)9-10-22(5)12-14-24(16-15-23)17-19(26)27/h6-17H2,1-5H3,(H,26,27). The van der Waals surface area contributed by atoms with E-state index >= 15 is 0 Å². The predicted molar refractivity (Wildman–Crippen MR) is 109 cm³/mol. The minimum Gasteiger partial charge on any atom is -0.480 e. The molecule has 0 radical (unpaired) electrons. The Hall–Kier alpha value is -1.02. The van der Waals surface area contributed by atoms with Gasteiger partial charge in [-0.25, -0.2) is 0 Å². The Morgan fingerprint density at radius 3 is 1.78 bits per heavy atom. The van der Waals surface area contributed by atoms with Gasteiger partial charge in [-0.2, -0.15) is 0 Å². The molecule has 158 valence electrons. The lowest BCUT2D eigenvalue weighted by atomic mass is 9.88. The first kappa shape index (κ1) is 24.0. The molecule has 0 spiro atoms. The van der Waals surface area contributed by atoms with Gasteiger partial charge in [0, 0.05) is 64.2 Å². The van der Waals surface area contributed by atoms with Gasteiger partial charge in [0.2, 0.25) is 0 Å². The SMILES string of the molecule is CN1CCN(C)CCN(CC(=O)O)CCN(CCCC(=O)C(C)(C)C)CC1. The van der Waals surface area contributed by atoms with Crippen LogP contribution in [0.3, 0.4) is 0 Å². The number of rotatable bonds is 6. The molecule has 1 rings (SSSR count). The van der Waals surface area contributed by atoms with Gasteiger partial charge in [-0.15, -0.1) is 0 Å². The van der Waals surface area contributed by atoms with Crippen LogP contribution in [-0.4, -0.2) is 116 Å². The van der Waals surface area contributed by atoms with Crippen LogP contribution in [0.4, 0.5) is 0 Å². The second-order valence-corrected chi connectivity index (χ2v) is 8.89. The number of hydrogen-bond donors (Lipinski definition) is 1. The van der Waals surface area contributed by atoms with E-state index < -0.39 is 5.97 Å². The minimum absolute atomic E-state index is 0.0874. The van der Waals surface area contributed by atoms with Gasteiger partial charge in [-0.05, 0) is 27.1 Å². The van der Waals surface area contributed by atoms with E-state index in [9.17, 15) is 14.7 Å². The molecular formula is C20H40N4O3. The maximum absolute atomic E-state index is 12.2. The number of aliphatic carboxylic acids is 1. The highest BCUT2D eigenvalue weighted by atomic mass is 16.4. The van der Waals surface area contributed by atoms with E-state index in [0.29, 0.717) is 12.2 Å². The highest BCUT2D eigenvalue weighted by Gasteiger charge is 2.21. The van der Waals surface area contributed by atoms with Crippen molar-refractivity contribution in [3.63, 3.8) is 0 Å². The predicted octanol–water partition coefficient (Wildman–Crippen LogP) is 0.948. The molecule has 0 bridgehead atoms. The van der Waals surface area contributed by atoms with Crippen LogP contribution in [0.2, 0.25) is 0 Å². The average Bonchev–Trinajstić information content (AvgIpc) is 2.56. The second-order valence-electron chi connectivity index (χ2n) is 8.89. The molecule has 0 aromatic heterocycles. The van der Waals surface area contributed by atoms with Crippen molar-refractivity contribution < 1.29 is 14.7 Å². The Bertz CT molecular complexity index is 465. The first-order valence-corrected chi connectivity index (χ1v) is 10.1. The molecule has 0 aromatic carbocycles. The fraction of sp³-hybridized carbons (Fsp3) is 0.900. The Balaban J connectivity index is 2.62. The zero-order chi connectivity index (χ0) is 20.4. The fourth-order valence-corrected chi connectivity index (χ4v) is 3.11. The lowest BCUT2D eigenvalue weighted by molar-refractivity contribution is -0.138. The highest BCUT2D eigenvalue weighted by molar-refractivity contribution is 5.83. The Labute approximate surface area is 165 Å². The van der Waals surface area contributed by atoms with Gasteiger partial charge in [0.05, 0.1) is 6.54 Å². The number of nitrogens with zero attached hydrogens (tertiary/aromatic N) is 4. The van der Waals surface area contributed by atoms with Crippen molar-refractivity contribution in [2.24, 2.45) is 5.41 Å². The normalized spacial score (nSPS) is 20.8. The molecule has 7 nitrogen and oxygen atoms in total. The lowest BCUT2D eigenvalue weighted by Gasteiger charge is -2.31. The molecule has 1 heterocycles. The third kappa shape index (κ3) is 10.8. The summed E-state index contributed by atoms with van der Waals surface area (Å²) in [5.74, 6) is -0.462. The van der Waals surface area contributed by atoms with Crippen LogP contribution in [-0.2, 0) is 9.59 Å². The van der Waals surface area contributed by atoms with Crippen molar-refractivity contribution in [2.45, 2.75) is 33.6 Å². The van der Waals surface area contributed by atoms with Crippen molar-refractivity contribution in [3.8, 4) is 0 Å². The van der Waals surface area contributed by atoms with E-state index in [1.807, 2.05) is 25.7 Å². The summed E-state index contributed by atoms with van der Waals surface area (Å²) in [7, 11) is 4.24. The number of carbonyl (C=O) groups is 2. The van der Waals surface area contributed by atoms with Crippen LogP contribution in [0.1, 0.15) is 33.6 Å². The number of ketones is 1. The van der Waals surface area contributed by atoms with Gasteiger partial charge in [0.1, 0.15) is 5.78 Å². The summed E-state index contributed by atoms with van der Waals surface area (Å²) >= 11 is 0. The molecule has 0 saturated carbocycles. The Kier molecular flexibility index (Phi) is 10.4. The summed E-state index contributed by atoms with van der Waals surface area (Å²) in [5.41, 5.74) is -0.271. The van der Waals surface area contributed by atoms with Gasteiger partial charge in [-0.3, -0.25) is 14.5 Å². The number of hydrogen-bond acceptors (Lipinski definition) is 6. The molecule has 1 aliphatic rings. The fourth-order valence-electron chi connectivity index (χ4n) is 3.11. The van der Waals surface area contributed by atoms with Crippen LogP contribution in [0.15, 0.2) is 0 Å². The average molecular weight is 385 g/mol. The Morgan fingerprint density at radius 1 is 0.815 bits per heavy atom. The third-order valence-corrected chi connectivity index (χ3v) is 5.27. The van der Waals surface area contributed by atoms with E-state index in [2.05, 4.69) is 28.8 Å². The van der Waals surface area contributed by atoms with Crippen LogP contribution < -0.4 is 0 Å². The van der Waals surface area contributed by atoms with Crippen molar-refractivity contribution in [1.82, 2.24) is 19.6 Å². The summed E-state index contributed by atoms with van der Waals surface area (Å²) in [6, 6.07) is 0. The van der Waals surface area contributed by atoms with E-state index in [4.69, 9.17) is 0 Å². The van der Waals surface area contributed by atoms with Gasteiger partial charge in [0.15, 0.2) is 0 Å². The van der Waals surface area contributed by atoms with Crippen LogP contribution in [0.25, 0.3) is 0 Å². The second kappa shape index (κ2) is 11.7.